The van der Waals surface area contributed by atoms with Crippen LogP contribution in [-0.4, -0.2) is 13.1 Å². The number of ether oxygens (including phenoxy) is 2. The molecule has 0 saturated heterocycles. The van der Waals surface area contributed by atoms with E-state index >= 15 is 0 Å². The third kappa shape index (κ3) is 2.42. The first-order valence-electron chi connectivity index (χ1n) is 5.32. The smallest absolute Gasteiger partial charge is 0.231 e. The van der Waals surface area contributed by atoms with E-state index in [9.17, 15) is 4.79 Å². The maximum atomic E-state index is 10.0. The topological polar surface area (TPSA) is 35.5 Å². The molecule has 1 aromatic carbocycles. The van der Waals surface area contributed by atoms with Crippen LogP contribution in [0.5, 0.6) is 11.5 Å². The summed E-state index contributed by atoms with van der Waals surface area (Å²) in [5.74, 6) is 1.60. The van der Waals surface area contributed by atoms with Gasteiger partial charge < -0.3 is 9.47 Å². The Hall–Kier alpha value is -1.77. The number of rotatable bonds is 5. The van der Waals surface area contributed by atoms with Crippen molar-refractivity contribution in [1.82, 2.24) is 0 Å². The molecule has 2 rings (SSSR count). The van der Waals surface area contributed by atoms with Crippen molar-refractivity contribution in [2.75, 3.05) is 6.79 Å². The summed E-state index contributed by atoms with van der Waals surface area (Å²) in [6.45, 7) is 0.292. The van der Waals surface area contributed by atoms with Crippen molar-refractivity contribution in [1.29, 1.82) is 0 Å². The van der Waals surface area contributed by atoms with E-state index in [4.69, 9.17) is 9.47 Å². The number of hydrogen-bond acceptors (Lipinski definition) is 3. The Morgan fingerprint density at radius 1 is 1.38 bits per heavy atom. The van der Waals surface area contributed by atoms with Crippen molar-refractivity contribution >= 4 is 12.4 Å². The SMILES string of the molecule is O=[C]CCC/C=C/c1cccc2c1OCO2. The minimum absolute atomic E-state index is 0.292. The molecule has 0 atom stereocenters. The van der Waals surface area contributed by atoms with Crippen LogP contribution in [0.3, 0.4) is 0 Å². The van der Waals surface area contributed by atoms with Gasteiger partial charge in [0.15, 0.2) is 17.8 Å². The van der Waals surface area contributed by atoms with Crippen LogP contribution < -0.4 is 9.47 Å². The number of carbonyl (C=O) groups excluding carboxylic acids is 1. The molecule has 0 saturated carbocycles. The number of para-hydroxylation sites is 1. The molecule has 0 N–H and O–H groups in total. The molecule has 0 aliphatic carbocycles. The fraction of sp³-hybridized carbons (Fsp3) is 0.308. The second-order valence-corrected chi connectivity index (χ2v) is 3.52. The van der Waals surface area contributed by atoms with E-state index in [1.165, 1.54) is 0 Å². The molecule has 1 aromatic rings. The van der Waals surface area contributed by atoms with E-state index in [0.29, 0.717) is 13.2 Å². The van der Waals surface area contributed by atoms with Crippen molar-refractivity contribution in [3.63, 3.8) is 0 Å². The third-order valence-corrected chi connectivity index (χ3v) is 2.37. The van der Waals surface area contributed by atoms with E-state index in [0.717, 1.165) is 29.9 Å². The lowest BCUT2D eigenvalue weighted by Crippen LogP contribution is -1.93. The maximum Gasteiger partial charge on any atom is 0.231 e. The van der Waals surface area contributed by atoms with Gasteiger partial charge in [0.05, 0.1) is 0 Å². The minimum atomic E-state index is 0.292. The summed E-state index contributed by atoms with van der Waals surface area (Å²) in [5, 5.41) is 0. The highest BCUT2D eigenvalue weighted by Gasteiger charge is 2.14. The molecule has 1 radical (unpaired) electrons. The van der Waals surface area contributed by atoms with E-state index in [1.54, 1.807) is 0 Å². The highest BCUT2D eigenvalue weighted by Crippen LogP contribution is 2.35. The van der Waals surface area contributed by atoms with Crippen molar-refractivity contribution in [3.05, 3.63) is 29.8 Å². The van der Waals surface area contributed by atoms with Gasteiger partial charge in [-0.15, -0.1) is 0 Å². The molecular formula is C13H13O3. The summed E-state index contributed by atoms with van der Waals surface area (Å²) in [4.78, 5) is 10.0. The molecule has 0 unspecified atom stereocenters. The van der Waals surface area contributed by atoms with Gasteiger partial charge in [0, 0.05) is 12.0 Å². The molecular weight excluding hydrogens is 204 g/mol. The summed E-state index contributed by atoms with van der Waals surface area (Å²) in [5.41, 5.74) is 1.02. The normalized spacial score (nSPS) is 13.2. The molecule has 0 amide bonds. The monoisotopic (exact) mass is 217 g/mol. The fourth-order valence-corrected chi connectivity index (χ4v) is 1.59. The van der Waals surface area contributed by atoms with Gasteiger partial charge in [-0.2, -0.15) is 0 Å². The molecule has 16 heavy (non-hydrogen) atoms. The van der Waals surface area contributed by atoms with E-state index in [-0.39, 0.29) is 0 Å². The van der Waals surface area contributed by atoms with Crippen LogP contribution in [0.15, 0.2) is 24.3 Å². The Kier molecular flexibility index (Phi) is 3.59. The van der Waals surface area contributed by atoms with E-state index < -0.39 is 0 Å². The largest absolute Gasteiger partial charge is 0.454 e. The van der Waals surface area contributed by atoms with Crippen molar-refractivity contribution < 1.29 is 14.3 Å². The molecule has 0 bridgehead atoms. The van der Waals surface area contributed by atoms with Gasteiger partial charge >= 0.3 is 0 Å². The number of benzene rings is 1. The Bertz CT molecular complexity index is 396. The van der Waals surface area contributed by atoms with Crippen molar-refractivity contribution in [2.24, 2.45) is 0 Å². The second-order valence-electron chi connectivity index (χ2n) is 3.52. The lowest BCUT2D eigenvalue weighted by atomic mass is 10.1. The molecule has 1 heterocycles. The second kappa shape index (κ2) is 5.35. The molecule has 3 nitrogen and oxygen atoms in total. The fourth-order valence-electron chi connectivity index (χ4n) is 1.59. The predicted octanol–water partition coefficient (Wildman–Crippen LogP) is 2.71. The van der Waals surface area contributed by atoms with Crippen LogP contribution in [0.4, 0.5) is 0 Å². The maximum absolute atomic E-state index is 10.0. The molecule has 1 aliphatic rings. The number of unbranched alkanes of at least 4 members (excludes halogenated alkanes) is 2. The molecule has 0 fully saturated rings. The van der Waals surface area contributed by atoms with Gasteiger partial charge in [-0.3, -0.25) is 4.79 Å². The molecule has 83 valence electrons. The lowest BCUT2D eigenvalue weighted by Gasteiger charge is -1.99. The summed E-state index contributed by atoms with van der Waals surface area (Å²) < 4.78 is 10.6. The quantitative estimate of drug-likeness (QED) is 0.711. The molecule has 0 aromatic heterocycles. The van der Waals surface area contributed by atoms with Crippen LogP contribution in [0.1, 0.15) is 24.8 Å². The average Bonchev–Trinajstić information content (AvgIpc) is 2.77. The summed E-state index contributed by atoms with van der Waals surface area (Å²) >= 11 is 0. The van der Waals surface area contributed by atoms with Gasteiger partial charge in [-0.25, -0.2) is 0 Å². The first-order chi connectivity index (χ1) is 7.92. The first-order valence-corrected chi connectivity index (χ1v) is 5.32. The Balaban J connectivity index is 1.99. The number of allylic oxidation sites excluding steroid dienone is 1. The zero-order valence-corrected chi connectivity index (χ0v) is 8.94. The van der Waals surface area contributed by atoms with Crippen LogP contribution in [0.2, 0.25) is 0 Å². The first kappa shape index (κ1) is 10.7. The molecule has 1 aliphatic heterocycles. The van der Waals surface area contributed by atoms with Crippen LogP contribution in [-0.2, 0) is 4.79 Å². The summed E-state index contributed by atoms with van der Waals surface area (Å²) in [6, 6.07) is 5.81. The summed E-state index contributed by atoms with van der Waals surface area (Å²) in [6.07, 6.45) is 8.13. The van der Waals surface area contributed by atoms with E-state index in [2.05, 4.69) is 0 Å². The Labute approximate surface area is 94.7 Å². The van der Waals surface area contributed by atoms with E-state index in [1.807, 2.05) is 36.6 Å². The highest BCUT2D eigenvalue weighted by atomic mass is 16.7. The van der Waals surface area contributed by atoms with Crippen LogP contribution in [0.25, 0.3) is 6.08 Å². The van der Waals surface area contributed by atoms with Gasteiger partial charge in [-0.1, -0.05) is 24.3 Å². The number of hydrogen-bond donors (Lipinski definition) is 0. The van der Waals surface area contributed by atoms with Gasteiger partial charge in [-0.05, 0) is 18.9 Å². The third-order valence-electron chi connectivity index (χ3n) is 2.37. The zero-order chi connectivity index (χ0) is 11.2. The predicted molar refractivity (Wildman–Crippen MR) is 61.1 cm³/mol. The van der Waals surface area contributed by atoms with Gasteiger partial charge in [0.2, 0.25) is 6.79 Å². The van der Waals surface area contributed by atoms with Gasteiger partial charge in [0.25, 0.3) is 0 Å². The van der Waals surface area contributed by atoms with Crippen LogP contribution >= 0.6 is 0 Å². The minimum Gasteiger partial charge on any atom is -0.454 e. The van der Waals surface area contributed by atoms with Crippen molar-refractivity contribution in [3.8, 4) is 11.5 Å². The zero-order valence-electron chi connectivity index (χ0n) is 8.94. The summed E-state index contributed by atoms with van der Waals surface area (Å²) in [7, 11) is 0. The standard InChI is InChI=1S/C13H13O3/c14-9-4-2-1-3-6-11-7-5-8-12-13(11)16-10-15-12/h3,5-8H,1-2,4,10H2/b6-3+. The highest BCUT2D eigenvalue weighted by molar-refractivity contribution is 5.63. The van der Waals surface area contributed by atoms with Crippen LogP contribution in [0, 0.1) is 0 Å². The van der Waals surface area contributed by atoms with Crippen molar-refractivity contribution in [2.45, 2.75) is 19.3 Å². The molecule has 3 heteroatoms. The Morgan fingerprint density at radius 3 is 3.19 bits per heavy atom. The number of fused-ring (bicyclic) bond motifs is 1. The lowest BCUT2D eigenvalue weighted by molar-refractivity contribution is 0.174. The molecule has 0 spiro atoms. The Morgan fingerprint density at radius 2 is 2.31 bits per heavy atom. The van der Waals surface area contributed by atoms with Gasteiger partial charge in [0.1, 0.15) is 0 Å². The average molecular weight is 217 g/mol.